The van der Waals surface area contributed by atoms with Crippen molar-refractivity contribution in [3.05, 3.63) is 67.5 Å². The highest BCUT2D eigenvalue weighted by Gasteiger charge is 2.03. The molecule has 0 saturated carbocycles. The van der Waals surface area contributed by atoms with Crippen molar-refractivity contribution < 1.29 is 0 Å². The lowest BCUT2D eigenvalue weighted by molar-refractivity contribution is 0.749. The Kier molecular flexibility index (Phi) is 3.69. The summed E-state index contributed by atoms with van der Waals surface area (Å²) in [5.74, 6) is 0. The second kappa shape index (κ2) is 5.07. The summed E-state index contributed by atoms with van der Waals surface area (Å²) in [5, 5.41) is 0.683. The van der Waals surface area contributed by atoms with Gasteiger partial charge < -0.3 is 4.57 Å². The number of nitrogens with zero attached hydrogens (tertiary/aromatic N) is 1. The molecule has 88 valence electrons. The van der Waals surface area contributed by atoms with Gasteiger partial charge in [-0.25, -0.2) is 0 Å². The molecule has 0 aliphatic rings. The van der Waals surface area contributed by atoms with E-state index in [4.69, 9.17) is 11.6 Å². The second-order valence-electron chi connectivity index (χ2n) is 3.90. The molecule has 0 amide bonds. The molecule has 1 aromatic carbocycles. The lowest BCUT2D eigenvalue weighted by Crippen LogP contribution is -2.22. The summed E-state index contributed by atoms with van der Waals surface area (Å²) in [4.78, 5) is 11.9. The van der Waals surface area contributed by atoms with Gasteiger partial charge in [0.2, 0.25) is 0 Å². The Morgan fingerprint density at radius 3 is 2.82 bits per heavy atom. The summed E-state index contributed by atoms with van der Waals surface area (Å²) in [5.41, 5.74) is 1.76. The van der Waals surface area contributed by atoms with Crippen LogP contribution in [0.3, 0.4) is 0 Å². The average Bonchev–Trinajstić information content (AvgIpc) is 2.25. The summed E-state index contributed by atoms with van der Waals surface area (Å²) >= 11 is 9.31. The molecule has 0 radical (unpaired) electrons. The zero-order valence-electron chi connectivity index (χ0n) is 9.28. The topological polar surface area (TPSA) is 22.0 Å². The first kappa shape index (κ1) is 12.4. The molecule has 1 aromatic heterocycles. The number of benzene rings is 1. The van der Waals surface area contributed by atoms with Gasteiger partial charge in [0.15, 0.2) is 0 Å². The molecule has 0 aliphatic heterocycles. The minimum atomic E-state index is 0.0215. The van der Waals surface area contributed by atoms with Gasteiger partial charge in [0, 0.05) is 21.3 Å². The van der Waals surface area contributed by atoms with Crippen molar-refractivity contribution in [2.24, 2.45) is 0 Å². The van der Waals surface area contributed by atoms with Crippen molar-refractivity contribution in [1.82, 2.24) is 4.57 Å². The lowest BCUT2D eigenvalue weighted by atomic mass is 10.2. The number of hydrogen-bond donors (Lipinski definition) is 0. The minimum Gasteiger partial charge on any atom is -0.310 e. The fourth-order valence-corrected chi connectivity index (χ4v) is 2.49. The Morgan fingerprint density at radius 2 is 2.12 bits per heavy atom. The number of pyridine rings is 1. The molecule has 4 heteroatoms. The van der Waals surface area contributed by atoms with Crippen molar-refractivity contribution >= 4 is 27.5 Å². The Hall–Kier alpha value is -1.06. The molecule has 0 atom stereocenters. The van der Waals surface area contributed by atoms with Crippen LogP contribution in [0.4, 0.5) is 0 Å². The van der Waals surface area contributed by atoms with Crippen LogP contribution in [0.25, 0.3) is 0 Å². The molecule has 0 aliphatic carbocycles. The highest BCUT2D eigenvalue weighted by Crippen LogP contribution is 2.13. The normalized spacial score (nSPS) is 10.5. The van der Waals surface area contributed by atoms with Gasteiger partial charge in [-0.05, 0) is 46.6 Å². The third kappa shape index (κ3) is 2.99. The second-order valence-corrected chi connectivity index (χ2v) is 5.26. The van der Waals surface area contributed by atoms with Crippen LogP contribution < -0.4 is 5.56 Å². The van der Waals surface area contributed by atoms with E-state index < -0.39 is 0 Å². The molecular weight excluding hydrogens is 302 g/mol. The van der Waals surface area contributed by atoms with Crippen molar-refractivity contribution in [1.29, 1.82) is 0 Å². The van der Waals surface area contributed by atoms with Crippen LogP contribution >= 0.6 is 27.5 Å². The Labute approximate surface area is 113 Å². The van der Waals surface area contributed by atoms with Crippen molar-refractivity contribution in [2.45, 2.75) is 13.5 Å². The molecule has 0 bridgehead atoms. The molecular formula is C13H11BrClNO. The number of hydrogen-bond acceptors (Lipinski definition) is 1. The standard InChI is InChI=1S/C13H11BrClNO/c1-9-5-11(14)8-16(13(9)17)7-10-3-2-4-12(15)6-10/h2-6,8H,7H2,1H3. The molecule has 0 saturated heterocycles. The van der Waals surface area contributed by atoms with E-state index in [0.717, 1.165) is 15.6 Å². The Morgan fingerprint density at radius 1 is 1.35 bits per heavy atom. The minimum absolute atomic E-state index is 0.0215. The number of rotatable bonds is 2. The molecule has 0 fully saturated rings. The molecule has 0 N–H and O–H groups in total. The zero-order valence-corrected chi connectivity index (χ0v) is 11.6. The molecule has 2 rings (SSSR count). The quantitative estimate of drug-likeness (QED) is 0.830. The van der Waals surface area contributed by atoms with E-state index in [1.807, 2.05) is 37.3 Å². The maximum absolute atomic E-state index is 11.9. The van der Waals surface area contributed by atoms with E-state index in [-0.39, 0.29) is 5.56 Å². The number of halogens is 2. The van der Waals surface area contributed by atoms with E-state index in [1.54, 1.807) is 10.8 Å². The predicted octanol–water partition coefficient (Wildman–Crippen LogP) is 3.62. The van der Waals surface area contributed by atoms with Crippen molar-refractivity contribution in [3.63, 3.8) is 0 Å². The van der Waals surface area contributed by atoms with Crippen LogP contribution in [0.15, 0.2) is 45.8 Å². The number of aromatic nitrogens is 1. The molecule has 2 aromatic rings. The van der Waals surface area contributed by atoms with Crippen LogP contribution in [-0.4, -0.2) is 4.57 Å². The molecule has 2 nitrogen and oxygen atoms in total. The smallest absolute Gasteiger partial charge is 0.253 e. The predicted molar refractivity (Wildman–Crippen MR) is 73.7 cm³/mol. The van der Waals surface area contributed by atoms with Crippen molar-refractivity contribution in [3.8, 4) is 0 Å². The maximum atomic E-state index is 11.9. The molecule has 17 heavy (non-hydrogen) atoms. The third-order valence-corrected chi connectivity index (χ3v) is 3.14. The molecule has 0 unspecified atom stereocenters. The highest BCUT2D eigenvalue weighted by molar-refractivity contribution is 9.10. The highest BCUT2D eigenvalue weighted by atomic mass is 79.9. The SMILES string of the molecule is Cc1cc(Br)cn(Cc2cccc(Cl)c2)c1=O. The fraction of sp³-hybridized carbons (Fsp3) is 0.154. The molecule has 1 heterocycles. The zero-order chi connectivity index (χ0) is 12.4. The first-order valence-electron chi connectivity index (χ1n) is 5.17. The maximum Gasteiger partial charge on any atom is 0.253 e. The van der Waals surface area contributed by atoms with Crippen LogP contribution in [-0.2, 0) is 6.54 Å². The van der Waals surface area contributed by atoms with Crippen LogP contribution in [0.5, 0.6) is 0 Å². The van der Waals surface area contributed by atoms with Crippen LogP contribution in [0.1, 0.15) is 11.1 Å². The third-order valence-electron chi connectivity index (χ3n) is 2.47. The Balaban J connectivity index is 2.40. The summed E-state index contributed by atoms with van der Waals surface area (Å²) in [6.45, 7) is 2.33. The van der Waals surface area contributed by atoms with Gasteiger partial charge in [0.25, 0.3) is 5.56 Å². The van der Waals surface area contributed by atoms with Gasteiger partial charge in [-0.3, -0.25) is 4.79 Å². The van der Waals surface area contributed by atoms with E-state index in [0.29, 0.717) is 11.6 Å². The first-order valence-corrected chi connectivity index (χ1v) is 6.34. The van der Waals surface area contributed by atoms with Crippen LogP contribution in [0, 0.1) is 6.92 Å². The average molecular weight is 313 g/mol. The fourth-order valence-electron chi connectivity index (χ4n) is 1.69. The van der Waals surface area contributed by atoms with Crippen LogP contribution in [0.2, 0.25) is 5.02 Å². The summed E-state index contributed by atoms with van der Waals surface area (Å²) in [6.07, 6.45) is 1.79. The van der Waals surface area contributed by atoms with Gasteiger partial charge in [-0.1, -0.05) is 23.7 Å². The van der Waals surface area contributed by atoms with E-state index >= 15 is 0 Å². The van der Waals surface area contributed by atoms with Gasteiger partial charge in [0.1, 0.15) is 0 Å². The summed E-state index contributed by atoms with van der Waals surface area (Å²) < 4.78 is 2.57. The monoisotopic (exact) mass is 311 g/mol. The van der Waals surface area contributed by atoms with Gasteiger partial charge in [-0.2, -0.15) is 0 Å². The van der Waals surface area contributed by atoms with E-state index in [9.17, 15) is 4.79 Å². The van der Waals surface area contributed by atoms with E-state index in [1.165, 1.54) is 0 Å². The van der Waals surface area contributed by atoms with Gasteiger partial charge >= 0.3 is 0 Å². The van der Waals surface area contributed by atoms with E-state index in [2.05, 4.69) is 15.9 Å². The number of aryl methyl sites for hydroxylation is 1. The largest absolute Gasteiger partial charge is 0.310 e. The Bertz CT molecular complexity index is 607. The summed E-state index contributed by atoms with van der Waals surface area (Å²) in [7, 11) is 0. The first-order chi connectivity index (χ1) is 8.06. The van der Waals surface area contributed by atoms with Gasteiger partial charge in [0.05, 0.1) is 6.54 Å². The van der Waals surface area contributed by atoms with Crippen molar-refractivity contribution in [2.75, 3.05) is 0 Å². The lowest BCUT2D eigenvalue weighted by Gasteiger charge is -2.08. The molecule has 0 spiro atoms. The summed E-state index contributed by atoms with van der Waals surface area (Å²) in [6, 6.07) is 9.34. The van der Waals surface area contributed by atoms with Gasteiger partial charge in [-0.15, -0.1) is 0 Å².